The van der Waals surface area contributed by atoms with Crippen LogP contribution in [0.15, 0.2) is 28.9 Å². The van der Waals surface area contributed by atoms with Crippen molar-refractivity contribution < 1.29 is 9.53 Å². The standard InChI is InChI=1S/C12H10BrNO2/c1-7-9(12(15)16-2)6-8-4-3-5-14-11(8)10(7)13/h3-6H,1-2H3. The molecule has 3 nitrogen and oxygen atoms in total. The van der Waals surface area contributed by atoms with Gasteiger partial charge in [-0.1, -0.05) is 6.07 Å². The van der Waals surface area contributed by atoms with E-state index in [1.54, 1.807) is 12.3 Å². The first-order chi connectivity index (χ1) is 7.65. The van der Waals surface area contributed by atoms with E-state index in [1.807, 2.05) is 19.1 Å². The number of esters is 1. The highest BCUT2D eigenvalue weighted by Gasteiger charge is 2.14. The van der Waals surface area contributed by atoms with Crippen LogP contribution in [-0.4, -0.2) is 18.1 Å². The fraction of sp³-hybridized carbons (Fsp3) is 0.167. The Bertz CT molecular complexity index is 566. The highest BCUT2D eigenvalue weighted by atomic mass is 79.9. The molecule has 0 spiro atoms. The van der Waals surface area contributed by atoms with Crippen molar-refractivity contribution in [2.24, 2.45) is 0 Å². The third kappa shape index (κ3) is 1.69. The number of carbonyl (C=O) groups is 1. The largest absolute Gasteiger partial charge is 0.465 e. The number of nitrogens with zero attached hydrogens (tertiary/aromatic N) is 1. The van der Waals surface area contributed by atoms with Crippen LogP contribution in [0.2, 0.25) is 0 Å². The van der Waals surface area contributed by atoms with Crippen LogP contribution in [0.25, 0.3) is 10.9 Å². The Morgan fingerprint density at radius 2 is 2.25 bits per heavy atom. The van der Waals surface area contributed by atoms with Crippen LogP contribution in [0.1, 0.15) is 15.9 Å². The zero-order valence-electron chi connectivity index (χ0n) is 8.95. The molecular formula is C12H10BrNO2. The minimum Gasteiger partial charge on any atom is -0.465 e. The maximum Gasteiger partial charge on any atom is 0.338 e. The Morgan fingerprint density at radius 3 is 2.94 bits per heavy atom. The van der Waals surface area contributed by atoms with Crippen molar-refractivity contribution in [3.05, 3.63) is 40.0 Å². The van der Waals surface area contributed by atoms with Crippen molar-refractivity contribution >= 4 is 32.8 Å². The Labute approximate surface area is 102 Å². The smallest absolute Gasteiger partial charge is 0.338 e. The minimum absolute atomic E-state index is 0.330. The fourth-order valence-corrected chi connectivity index (χ4v) is 2.14. The molecule has 0 N–H and O–H groups in total. The van der Waals surface area contributed by atoms with Crippen molar-refractivity contribution in [3.8, 4) is 0 Å². The number of hydrogen-bond donors (Lipinski definition) is 0. The summed E-state index contributed by atoms with van der Waals surface area (Å²) in [6.07, 6.45) is 1.73. The number of halogens is 1. The molecule has 0 amide bonds. The van der Waals surface area contributed by atoms with Crippen molar-refractivity contribution in [2.45, 2.75) is 6.92 Å². The SMILES string of the molecule is COC(=O)c1cc2cccnc2c(Br)c1C. The quantitative estimate of drug-likeness (QED) is 0.753. The highest BCUT2D eigenvalue weighted by Crippen LogP contribution is 2.28. The van der Waals surface area contributed by atoms with Gasteiger partial charge in [0, 0.05) is 16.1 Å². The van der Waals surface area contributed by atoms with E-state index in [2.05, 4.69) is 20.9 Å². The number of methoxy groups -OCH3 is 1. The van der Waals surface area contributed by atoms with E-state index in [0.717, 1.165) is 20.9 Å². The molecule has 4 heteroatoms. The van der Waals surface area contributed by atoms with E-state index < -0.39 is 0 Å². The number of rotatable bonds is 1. The number of hydrogen-bond acceptors (Lipinski definition) is 3. The van der Waals surface area contributed by atoms with Crippen LogP contribution in [-0.2, 0) is 4.74 Å². The molecule has 0 aliphatic heterocycles. The Balaban J connectivity index is 2.78. The van der Waals surface area contributed by atoms with Gasteiger partial charge in [0.15, 0.2) is 0 Å². The average molecular weight is 280 g/mol. The van der Waals surface area contributed by atoms with Crippen molar-refractivity contribution in [1.82, 2.24) is 4.98 Å². The predicted octanol–water partition coefficient (Wildman–Crippen LogP) is 3.09. The fourth-order valence-electron chi connectivity index (χ4n) is 1.60. The molecule has 0 bridgehead atoms. The summed E-state index contributed by atoms with van der Waals surface area (Å²) in [5.74, 6) is -0.330. The average Bonchev–Trinajstić information content (AvgIpc) is 2.33. The van der Waals surface area contributed by atoms with Crippen LogP contribution in [0, 0.1) is 6.92 Å². The zero-order valence-corrected chi connectivity index (χ0v) is 10.5. The third-order valence-corrected chi connectivity index (χ3v) is 3.46. The lowest BCUT2D eigenvalue weighted by Crippen LogP contribution is -2.04. The first kappa shape index (κ1) is 11.1. The highest BCUT2D eigenvalue weighted by molar-refractivity contribution is 9.10. The lowest BCUT2D eigenvalue weighted by atomic mass is 10.1. The molecule has 16 heavy (non-hydrogen) atoms. The molecular weight excluding hydrogens is 270 g/mol. The maximum absolute atomic E-state index is 11.6. The summed E-state index contributed by atoms with van der Waals surface area (Å²) >= 11 is 3.46. The van der Waals surface area contributed by atoms with Crippen LogP contribution in [0.3, 0.4) is 0 Å². The monoisotopic (exact) mass is 279 g/mol. The molecule has 0 fully saturated rings. The van der Waals surface area contributed by atoms with Gasteiger partial charge < -0.3 is 4.74 Å². The molecule has 82 valence electrons. The number of pyridine rings is 1. The van der Waals surface area contributed by atoms with Gasteiger partial charge >= 0.3 is 5.97 Å². The van der Waals surface area contributed by atoms with Gasteiger partial charge in [0.25, 0.3) is 0 Å². The van der Waals surface area contributed by atoms with E-state index in [4.69, 9.17) is 4.74 Å². The molecule has 0 saturated heterocycles. The van der Waals surface area contributed by atoms with Gasteiger partial charge in [-0.3, -0.25) is 4.98 Å². The van der Waals surface area contributed by atoms with Gasteiger partial charge in [0.2, 0.25) is 0 Å². The van der Waals surface area contributed by atoms with Gasteiger partial charge in [-0.15, -0.1) is 0 Å². The normalized spacial score (nSPS) is 10.4. The summed E-state index contributed by atoms with van der Waals surface area (Å²) in [4.78, 5) is 15.8. The van der Waals surface area contributed by atoms with E-state index in [1.165, 1.54) is 7.11 Å². The number of ether oxygens (including phenoxy) is 1. The molecule has 1 aromatic heterocycles. The molecule has 1 heterocycles. The first-order valence-corrected chi connectivity index (χ1v) is 5.56. The van der Waals surface area contributed by atoms with E-state index in [0.29, 0.717) is 5.56 Å². The van der Waals surface area contributed by atoms with Crippen molar-refractivity contribution in [1.29, 1.82) is 0 Å². The van der Waals surface area contributed by atoms with Crippen molar-refractivity contribution in [3.63, 3.8) is 0 Å². The number of fused-ring (bicyclic) bond motifs is 1. The number of aromatic nitrogens is 1. The first-order valence-electron chi connectivity index (χ1n) is 4.77. The van der Waals surface area contributed by atoms with Gasteiger partial charge in [-0.05, 0) is 40.5 Å². The van der Waals surface area contributed by atoms with Crippen LogP contribution in [0.4, 0.5) is 0 Å². The van der Waals surface area contributed by atoms with Crippen LogP contribution < -0.4 is 0 Å². The Morgan fingerprint density at radius 1 is 1.50 bits per heavy atom. The summed E-state index contributed by atoms with van der Waals surface area (Å²) in [5.41, 5.74) is 2.26. The summed E-state index contributed by atoms with van der Waals surface area (Å²) in [6.45, 7) is 1.87. The molecule has 0 aliphatic carbocycles. The third-order valence-electron chi connectivity index (χ3n) is 2.49. The van der Waals surface area contributed by atoms with Gasteiger partial charge in [0.05, 0.1) is 18.2 Å². The molecule has 2 rings (SSSR count). The lowest BCUT2D eigenvalue weighted by Gasteiger charge is -2.08. The number of benzene rings is 1. The molecule has 0 saturated carbocycles. The van der Waals surface area contributed by atoms with Gasteiger partial charge in [-0.25, -0.2) is 4.79 Å². The zero-order chi connectivity index (χ0) is 11.7. The van der Waals surface area contributed by atoms with E-state index in [-0.39, 0.29) is 5.97 Å². The Kier molecular flexibility index (Phi) is 2.92. The molecule has 1 aromatic carbocycles. The summed E-state index contributed by atoms with van der Waals surface area (Å²) < 4.78 is 5.58. The topological polar surface area (TPSA) is 39.2 Å². The second-order valence-corrected chi connectivity index (χ2v) is 4.22. The number of carbonyl (C=O) groups excluding carboxylic acids is 1. The van der Waals surface area contributed by atoms with Gasteiger partial charge in [0.1, 0.15) is 0 Å². The molecule has 0 radical (unpaired) electrons. The summed E-state index contributed by atoms with van der Waals surface area (Å²) in [6, 6.07) is 5.55. The summed E-state index contributed by atoms with van der Waals surface area (Å²) in [5, 5.41) is 0.917. The Hall–Kier alpha value is -1.42. The summed E-state index contributed by atoms with van der Waals surface area (Å²) in [7, 11) is 1.38. The molecule has 0 unspecified atom stereocenters. The maximum atomic E-state index is 11.6. The molecule has 2 aromatic rings. The molecule has 0 aliphatic rings. The molecule has 0 atom stereocenters. The van der Waals surface area contributed by atoms with Crippen molar-refractivity contribution in [2.75, 3.05) is 7.11 Å². The predicted molar refractivity (Wildman–Crippen MR) is 65.5 cm³/mol. The van der Waals surface area contributed by atoms with Crippen LogP contribution >= 0.6 is 15.9 Å². The van der Waals surface area contributed by atoms with E-state index >= 15 is 0 Å². The van der Waals surface area contributed by atoms with Crippen LogP contribution in [0.5, 0.6) is 0 Å². The van der Waals surface area contributed by atoms with Gasteiger partial charge in [-0.2, -0.15) is 0 Å². The second kappa shape index (κ2) is 4.22. The van der Waals surface area contributed by atoms with E-state index in [9.17, 15) is 4.79 Å². The lowest BCUT2D eigenvalue weighted by molar-refractivity contribution is 0.0600. The second-order valence-electron chi connectivity index (χ2n) is 3.43. The minimum atomic E-state index is -0.330.